The smallest absolute Gasteiger partial charge is 0.257 e. The van der Waals surface area contributed by atoms with Crippen LogP contribution in [0.15, 0.2) is 48.5 Å². The van der Waals surface area contributed by atoms with Crippen LogP contribution in [0.1, 0.15) is 58.3 Å². The molecule has 0 radical (unpaired) electrons. The zero-order valence-electron chi connectivity index (χ0n) is 21.6. The van der Waals surface area contributed by atoms with E-state index in [1.807, 2.05) is 42.5 Å². The van der Waals surface area contributed by atoms with Crippen LogP contribution in [0.25, 0.3) is 22.2 Å². The van der Waals surface area contributed by atoms with Crippen molar-refractivity contribution in [1.29, 1.82) is 0 Å². The van der Waals surface area contributed by atoms with Gasteiger partial charge in [0, 0.05) is 15.8 Å². The molecule has 0 spiro atoms. The van der Waals surface area contributed by atoms with Crippen LogP contribution in [-0.4, -0.2) is 23.6 Å². The largest absolute Gasteiger partial charge is 0.454 e. The lowest BCUT2D eigenvalue weighted by Crippen LogP contribution is -2.27. The Balaban J connectivity index is 1.39. The third-order valence-electron chi connectivity index (χ3n) is 7.59. The molecule has 2 amide bonds. The molecule has 0 saturated carbocycles. The number of nitrogens with zero attached hydrogens (tertiary/aromatic N) is 1. The number of ether oxygens (including phenoxy) is 2. The Labute approximate surface area is 225 Å². The average Bonchev–Trinajstić information content (AvgIpc) is 3.50. The van der Waals surface area contributed by atoms with E-state index in [1.165, 1.54) is 11.3 Å². The summed E-state index contributed by atoms with van der Waals surface area (Å²) in [6, 6.07) is 14.9. The summed E-state index contributed by atoms with van der Waals surface area (Å²) in [5.74, 6) is 1.02. The minimum Gasteiger partial charge on any atom is -0.454 e. The fourth-order valence-corrected chi connectivity index (χ4v) is 6.74. The molecule has 1 aliphatic heterocycles. The van der Waals surface area contributed by atoms with E-state index >= 15 is 0 Å². The minimum absolute atomic E-state index is 0.166. The summed E-state index contributed by atoms with van der Waals surface area (Å²) in [5.41, 5.74) is 10.1. The molecule has 6 rings (SSSR count). The molecular weight excluding hydrogens is 498 g/mol. The van der Waals surface area contributed by atoms with E-state index < -0.39 is 5.91 Å². The number of aromatic nitrogens is 1. The Kier molecular flexibility index (Phi) is 5.87. The van der Waals surface area contributed by atoms with Crippen LogP contribution in [0.2, 0.25) is 0 Å². The molecule has 7 nitrogen and oxygen atoms in total. The number of nitrogens with one attached hydrogen (secondary N) is 1. The van der Waals surface area contributed by atoms with Gasteiger partial charge >= 0.3 is 0 Å². The number of nitrogens with two attached hydrogens (primary N) is 1. The van der Waals surface area contributed by atoms with Gasteiger partial charge < -0.3 is 20.5 Å². The normalized spacial score (nSPS) is 16.3. The van der Waals surface area contributed by atoms with E-state index in [4.69, 9.17) is 20.2 Å². The standard InChI is InChI=1S/C30H29N3O4S/c1-30(2,3)17-9-10-19-25(13-17)38-29(26(19)27(31)34)33-28(35)20-14-22(32-21-7-5-4-6-18(20)21)16-8-11-23-24(12-16)37-15-36-23/h4-8,11-12,14,17H,9-10,13,15H2,1-3H3,(H2,31,34)(H,33,35). The number of thiophene rings is 1. The lowest BCUT2D eigenvalue weighted by Gasteiger charge is -2.33. The average molecular weight is 528 g/mol. The van der Waals surface area contributed by atoms with E-state index in [0.717, 1.165) is 40.7 Å². The second-order valence-corrected chi connectivity index (χ2v) is 12.1. The third-order valence-corrected chi connectivity index (χ3v) is 8.76. The lowest BCUT2D eigenvalue weighted by atomic mass is 9.72. The fourth-order valence-electron chi connectivity index (χ4n) is 5.41. The van der Waals surface area contributed by atoms with Crippen LogP contribution < -0.4 is 20.5 Å². The first kappa shape index (κ1) is 24.4. The predicted molar refractivity (Wildman–Crippen MR) is 149 cm³/mol. The van der Waals surface area contributed by atoms with Gasteiger partial charge in [0.2, 0.25) is 6.79 Å². The van der Waals surface area contributed by atoms with Gasteiger partial charge in [-0.1, -0.05) is 39.0 Å². The molecule has 38 heavy (non-hydrogen) atoms. The monoisotopic (exact) mass is 527 g/mol. The Morgan fingerprint density at radius 2 is 1.87 bits per heavy atom. The van der Waals surface area contributed by atoms with Crippen molar-refractivity contribution < 1.29 is 19.1 Å². The highest BCUT2D eigenvalue weighted by molar-refractivity contribution is 7.17. The molecule has 2 aromatic carbocycles. The lowest BCUT2D eigenvalue weighted by molar-refractivity contribution is 0.1000. The van der Waals surface area contributed by atoms with Gasteiger partial charge in [0.1, 0.15) is 5.00 Å². The number of amides is 2. The summed E-state index contributed by atoms with van der Waals surface area (Å²) in [6.07, 6.45) is 2.66. The molecule has 0 saturated heterocycles. The number of hydrogen-bond acceptors (Lipinski definition) is 6. The van der Waals surface area contributed by atoms with Crippen LogP contribution in [0, 0.1) is 11.3 Å². The topological polar surface area (TPSA) is 104 Å². The summed E-state index contributed by atoms with van der Waals surface area (Å²) in [5, 5.41) is 4.28. The van der Waals surface area contributed by atoms with Crippen LogP contribution in [0.4, 0.5) is 5.00 Å². The second-order valence-electron chi connectivity index (χ2n) is 11.0. The number of primary amides is 1. The molecular formula is C30H29N3O4S. The van der Waals surface area contributed by atoms with E-state index in [9.17, 15) is 9.59 Å². The van der Waals surface area contributed by atoms with Crippen molar-refractivity contribution >= 4 is 39.1 Å². The number of fused-ring (bicyclic) bond motifs is 3. The molecule has 194 valence electrons. The van der Waals surface area contributed by atoms with Crippen molar-refractivity contribution in [3.63, 3.8) is 0 Å². The van der Waals surface area contributed by atoms with Crippen LogP contribution >= 0.6 is 11.3 Å². The molecule has 2 aliphatic rings. The van der Waals surface area contributed by atoms with Gasteiger partial charge in [-0.2, -0.15) is 0 Å². The van der Waals surface area contributed by atoms with Gasteiger partial charge in [0.25, 0.3) is 11.8 Å². The third kappa shape index (κ3) is 4.28. The van der Waals surface area contributed by atoms with Gasteiger partial charge in [0.15, 0.2) is 11.5 Å². The van der Waals surface area contributed by atoms with Crippen LogP contribution in [-0.2, 0) is 12.8 Å². The number of rotatable bonds is 4. The molecule has 1 atom stereocenters. The number of carbonyl (C=O) groups excluding carboxylic acids is 2. The molecule has 0 fully saturated rings. The maximum Gasteiger partial charge on any atom is 0.257 e. The number of pyridine rings is 1. The maximum atomic E-state index is 13.8. The minimum atomic E-state index is -0.507. The number of hydrogen-bond donors (Lipinski definition) is 2. The SMILES string of the molecule is CC(C)(C)C1CCc2c(sc(NC(=O)c3cc(-c4ccc5c(c4)OCO5)nc4ccccc34)c2C(N)=O)C1. The zero-order valence-corrected chi connectivity index (χ0v) is 22.4. The quantitative estimate of drug-likeness (QED) is 0.329. The van der Waals surface area contributed by atoms with Crippen molar-refractivity contribution in [1.82, 2.24) is 4.98 Å². The maximum absolute atomic E-state index is 13.8. The van der Waals surface area contributed by atoms with E-state index in [2.05, 4.69) is 26.1 Å². The van der Waals surface area contributed by atoms with E-state index in [0.29, 0.717) is 44.8 Å². The highest BCUT2D eigenvalue weighted by Gasteiger charge is 2.33. The molecule has 0 bridgehead atoms. The van der Waals surface area contributed by atoms with Gasteiger partial charge in [-0.25, -0.2) is 4.98 Å². The summed E-state index contributed by atoms with van der Waals surface area (Å²) in [7, 11) is 0. The van der Waals surface area contributed by atoms with Crippen molar-refractivity contribution in [2.45, 2.75) is 40.0 Å². The molecule has 1 aliphatic carbocycles. The van der Waals surface area contributed by atoms with Crippen LogP contribution in [0.3, 0.4) is 0 Å². The molecule has 1 unspecified atom stereocenters. The van der Waals surface area contributed by atoms with E-state index in [-0.39, 0.29) is 18.1 Å². The summed E-state index contributed by atoms with van der Waals surface area (Å²) >= 11 is 1.47. The van der Waals surface area contributed by atoms with Crippen molar-refractivity contribution in [3.05, 3.63) is 70.1 Å². The van der Waals surface area contributed by atoms with E-state index in [1.54, 1.807) is 6.07 Å². The van der Waals surface area contributed by atoms with Gasteiger partial charge in [0.05, 0.1) is 22.3 Å². The van der Waals surface area contributed by atoms with Gasteiger partial charge in [-0.3, -0.25) is 9.59 Å². The highest BCUT2D eigenvalue weighted by atomic mass is 32.1. The first-order valence-corrected chi connectivity index (χ1v) is 13.6. The van der Waals surface area contributed by atoms with Crippen LogP contribution in [0.5, 0.6) is 11.5 Å². The Hall–Kier alpha value is -3.91. The second kappa shape index (κ2) is 9.13. The molecule has 3 heterocycles. The zero-order chi connectivity index (χ0) is 26.6. The Bertz CT molecular complexity index is 1600. The van der Waals surface area contributed by atoms with Crippen molar-refractivity contribution in [3.8, 4) is 22.8 Å². The Morgan fingerprint density at radius 1 is 1.08 bits per heavy atom. The predicted octanol–water partition coefficient (Wildman–Crippen LogP) is 6.19. The molecule has 4 aromatic rings. The van der Waals surface area contributed by atoms with Crippen molar-refractivity contribution in [2.75, 3.05) is 12.1 Å². The number of carbonyl (C=O) groups is 2. The Morgan fingerprint density at radius 3 is 2.66 bits per heavy atom. The highest BCUT2D eigenvalue weighted by Crippen LogP contribution is 2.44. The molecule has 8 heteroatoms. The summed E-state index contributed by atoms with van der Waals surface area (Å²) in [6.45, 7) is 6.93. The molecule has 3 N–H and O–H groups in total. The summed E-state index contributed by atoms with van der Waals surface area (Å²) < 4.78 is 11.0. The fraction of sp³-hybridized carbons (Fsp3) is 0.300. The van der Waals surface area contributed by atoms with Gasteiger partial charge in [-0.15, -0.1) is 11.3 Å². The number of para-hydroxylation sites is 1. The number of anilines is 1. The summed E-state index contributed by atoms with van der Waals surface area (Å²) in [4.78, 5) is 32.3. The van der Waals surface area contributed by atoms with Crippen molar-refractivity contribution in [2.24, 2.45) is 17.1 Å². The first-order valence-electron chi connectivity index (χ1n) is 12.7. The first-order chi connectivity index (χ1) is 18.2. The molecule has 2 aromatic heterocycles. The number of benzene rings is 2. The van der Waals surface area contributed by atoms with Gasteiger partial charge in [-0.05, 0) is 66.5 Å².